The van der Waals surface area contributed by atoms with Crippen LogP contribution < -0.4 is 5.32 Å². The first-order chi connectivity index (χ1) is 9.65. The molecule has 0 unspecified atom stereocenters. The molecular weight excluding hydrogens is 256 g/mol. The van der Waals surface area contributed by atoms with Crippen molar-refractivity contribution >= 4 is 5.82 Å². The number of nitrogens with zero attached hydrogens (tertiary/aromatic N) is 3. The Labute approximate surface area is 117 Å². The lowest BCUT2D eigenvalue weighted by Crippen LogP contribution is -2.28. The van der Waals surface area contributed by atoms with Crippen LogP contribution >= 0.6 is 0 Å². The maximum atomic E-state index is 9.16. The summed E-state index contributed by atoms with van der Waals surface area (Å²) >= 11 is 0. The van der Waals surface area contributed by atoms with Crippen LogP contribution in [0.5, 0.6) is 0 Å². The van der Waals surface area contributed by atoms with E-state index in [0.29, 0.717) is 11.6 Å². The molecule has 0 aliphatic rings. The smallest absolute Gasteiger partial charge is 0.161 e. The molecule has 20 heavy (non-hydrogen) atoms. The molecule has 6 nitrogen and oxygen atoms in total. The Morgan fingerprint density at radius 2 is 1.75 bits per heavy atom. The van der Waals surface area contributed by atoms with Gasteiger partial charge >= 0.3 is 0 Å². The molecule has 2 aromatic rings. The average Bonchev–Trinajstić information content (AvgIpc) is 2.49. The van der Waals surface area contributed by atoms with E-state index < -0.39 is 6.04 Å². The molecule has 0 radical (unpaired) electrons. The Morgan fingerprint density at radius 3 is 2.35 bits per heavy atom. The third-order valence-electron chi connectivity index (χ3n) is 3.11. The number of aliphatic hydroxyl groups is 2. The van der Waals surface area contributed by atoms with Gasteiger partial charge in [0.25, 0.3) is 0 Å². The summed E-state index contributed by atoms with van der Waals surface area (Å²) in [7, 11) is 0. The van der Waals surface area contributed by atoms with Gasteiger partial charge in [-0.3, -0.25) is 4.98 Å². The van der Waals surface area contributed by atoms with Crippen LogP contribution in [0.4, 0.5) is 5.82 Å². The SMILES string of the molecule is Cc1nc(-c2ccncc2)nc(NC(CO)CO)c1C. The molecule has 3 N–H and O–H groups in total. The minimum Gasteiger partial charge on any atom is -0.394 e. The first-order valence-electron chi connectivity index (χ1n) is 6.39. The van der Waals surface area contributed by atoms with Gasteiger partial charge in [-0.15, -0.1) is 0 Å². The predicted octanol–water partition coefficient (Wildman–Crippen LogP) is 0.921. The van der Waals surface area contributed by atoms with Crippen molar-refractivity contribution < 1.29 is 10.2 Å². The molecule has 0 spiro atoms. The van der Waals surface area contributed by atoms with E-state index in [-0.39, 0.29) is 13.2 Å². The molecule has 6 heteroatoms. The van der Waals surface area contributed by atoms with Crippen molar-refractivity contribution in [2.75, 3.05) is 18.5 Å². The van der Waals surface area contributed by atoms with Crippen LogP contribution in [-0.2, 0) is 0 Å². The second-order valence-corrected chi connectivity index (χ2v) is 4.55. The standard InChI is InChI=1S/C14H18N4O2/c1-9-10(2)16-14(11-3-5-15-6-4-11)18-13(9)17-12(7-19)8-20/h3-6,12,19-20H,7-8H2,1-2H3,(H,16,17,18). The molecule has 0 saturated heterocycles. The number of hydrogen-bond acceptors (Lipinski definition) is 6. The molecule has 106 valence electrons. The topological polar surface area (TPSA) is 91.2 Å². The molecule has 0 aromatic carbocycles. The summed E-state index contributed by atoms with van der Waals surface area (Å²) in [5.74, 6) is 1.21. The first-order valence-corrected chi connectivity index (χ1v) is 6.39. The highest BCUT2D eigenvalue weighted by molar-refractivity contribution is 5.59. The van der Waals surface area contributed by atoms with Gasteiger partial charge < -0.3 is 15.5 Å². The Hall–Kier alpha value is -2.05. The van der Waals surface area contributed by atoms with Crippen LogP contribution in [0, 0.1) is 13.8 Å². The molecule has 0 fully saturated rings. The Balaban J connectivity index is 2.40. The lowest BCUT2D eigenvalue weighted by Gasteiger charge is -2.17. The fourth-order valence-electron chi connectivity index (χ4n) is 1.74. The minimum atomic E-state index is -0.437. The highest BCUT2D eigenvalue weighted by Crippen LogP contribution is 2.21. The quantitative estimate of drug-likeness (QED) is 0.751. The maximum Gasteiger partial charge on any atom is 0.161 e. The van der Waals surface area contributed by atoms with Gasteiger partial charge in [0.15, 0.2) is 5.82 Å². The summed E-state index contributed by atoms with van der Waals surface area (Å²) in [6, 6.07) is 3.24. The zero-order valence-electron chi connectivity index (χ0n) is 11.5. The fraction of sp³-hybridized carbons (Fsp3) is 0.357. The molecule has 0 aliphatic carbocycles. The molecule has 0 saturated carbocycles. The van der Waals surface area contributed by atoms with E-state index in [0.717, 1.165) is 16.8 Å². The number of nitrogens with one attached hydrogen (secondary N) is 1. The van der Waals surface area contributed by atoms with E-state index >= 15 is 0 Å². The summed E-state index contributed by atoms with van der Waals surface area (Å²) in [4.78, 5) is 12.9. The summed E-state index contributed by atoms with van der Waals surface area (Å²) in [6.07, 6.45) is 3.37. The number of aryl methyl sites for hydroxylation is 1. The highest BCUT2D eigenvalue weighted by Gasteiger charge is 2.13. The van der Waals surface area contributed by atoms with Gasteiger partial charge in [0.2, 0.25) is 0 Å². The van der Waals surface area contributed by atoms with Crippen molar-refractivity contribution in [1.29, 1.82) is 0 Å². The first kappa shape index (κ1) is 14.4. The van der Waals surface area contributed by atoms with Gasteiger partial charge in [0.05, 0.1) is 19.3 Å². The number of rotatable bonds is 5. The van der Waals surface area contributed by atoms with E-state index in [2.05, 4.69) is 20.3 Å². The van der Waals surface area contributed by atoms with Crippen molar-refractivity contribution in [2.24, 2.45) is 0 Å². The van der Waals surface area contributed by atoms with Gasteiger partial charge in [-0.05, 0) is 26.0 Å². The lowest BCUT2D eigenvalue weighted by molar-refractivity contribution is 0.203. The Morgan fingerprint density at radius 1 is 1.10 bits per heavy atom. The second-order valence-electron chi connectivity index (χ2n) is 4.55. The molecule has 0 bridgehead atoms. The number of aliphatic hydroxyl groups excluding tert-OH is 2. The predicted molar refractivity (Wildman–Crippen MR) is 76.3 cm³/mol. The van der Waals surface area contributed by atoms with Crippen molar-refractivity contribution in [1.82, 2.24) is 15.0 Å². The third kappa shape index (κ3) is 3.09. The van der Waals surface area contributed by atoms with E-state index in [1.165, 1.54) is 0 Å². The summed E-state index contributed by atoms with van der Waals surface area (Å²) in [5.41, 5.74) is 2.62. The van der Waals surface area contributed by atoms with Gasteiger partial charge in [0.1, 0.15) is 5.82 Å². The van der Waals surface area contributed by atoms with E-state index in [1.54, 1.807) is 12.4 Å². The van der Waals surface area contributed by atoms with Crippen molar-refractivity contribution in [3.05, 3.63) is 35.8 Å². The number of anilines is 1. The van der Waals surface area contributed by atoms with Gasteiger partial charge in [-0.2, -0.15) is 0 Å². The fourth-order valence-corrected chi connectivity index (χ4v) is 1.74. The summed E-state index contributed by atoms with van der Waals surface area (Å²) in [5, 5.41) is 21.4. The van der Waals surface area contributed by atoms with Crippen LogP contribution in [0.1, 0.15) is 11.3 Å². The van der Waals surface area contributed by atoms with E-state index in [9.17, 15) is 0 Å². The van der Waals surface area contributed by atoms with Gasteiger partial charge in [-0.25, -0.2) is 9.97 Å². The molecule has 2 rings (SSSR count). The molecule has 0 amide bonds. The summed E-state index contributed by atoms with van der Waals surface area (Å²) < 4.78 is 0. The average molecular weight is 274 g/mol. The molecule has 0 aliphatic heterocycles. The zero-order valence-corrected chi connectivity index (χ0v) is 11.5. The lowest BCUT2D eigenvalue weighted by atomic mass is 10.2. The molecule has 2 heterocycles. The summed E-state index contributed by atoms with van der Waals surface area (Å²) in [6.45, 7) is 3.48. The largest absolute Gasteiger partial charge is 0.394 e. The Kier molecular flexibility index (Phi) is 4.60. The molecular formula is C14H18N4O2. The molecule has 2 aromatic heterocycles. The third-order valence-corrected chi connectivity index (χ3v) is 3.11. The number of pyridine rings is 1. The highest BCUT2D eigenvalue weighted by atomic mass is 16.3. The van der Waals surface area contributed by atoms with Gasteiger partial charge in [0, 0.05) is 29.2 Å². The van der Waals surface area contributed by atoms with E-state index in [4.69, 9.17) is 10.2 Å². The van der Waals surface area contributed by atoms with Crippen LogP contribution in [0.2, 0.25) is 0 Å². The van der Waals surface area contributed by atoms with Crippen LogP contribution in [0.15, 0.2) is 24.5 Å². The van der Waals surface area contributed by atoms with Crippen LogP contribution in [0.25, 0.3) is 11.4 Å². The van der Waals surface area contributed by atoms with Crippen molar-refractivity contribution in [3.63, 3.8) is 0 Å². The van der Waals surface area contributed by atoms with E-state index in [1.807, 2.05) is 26.0 Å². The Bertz CT molecular complexity index is 571. The minimum absolute atomic E-state index is 0.163. The van der Waals surface area contributed by atoms with Crippen LogP contribution in [-0.4, -0.2) is 44.4 Å². The monoisotopic (exact) mass is 274 g/mol. The zero-order chi connectivity index (χ0) is 14.5. The maximum absolute atomic E-state index is 9.16. The molecule has 0 atom stereocenters. The van der Waals surface area contributed by atoms with Gasteiger partial charge in [-0.1, -0.05) is 0 Å². The number of aromatic nitrogens is 3. The normalized spacial score (nSPS) is 10.8. The second kappa shape index (κ2) is 6.40. The van der Waals surface area contributed by atoms with Crippen molar-refractivity contribution in [3.8, 4) is 11.4 Å². The van der Waals surface area contributed by atoms with Crippen molar-refractivity contribution in [2.45, 2.75) is 19.9 Å². The number of hydrogen-bond donors (Lipinski definition) is 3. The van der Waals surface area contributed by atoms with Crippen LogP contribution in [0.3, 0.4) is 0 Å².